The number of carbonyl (C=O) groups is 1. The van der Waals surface area contributed by atoms with E-state index in [4.69, 9.17) is 21.1 Å². The average Bonchev–Trinajstić information content (AvgIpc) is 2.82. The van der Waals surface area contributed by atoms with E-state index in [0.717, 1.165) is 5.56 Å². The van der Waals surface area contributed by atoms with Gasteiger partial charge in [0.15, 0.2) is 0 Å². The molecule has 0 fully saturated rings. The van der Waals surface area contributed by atoms with Gasteiger partial charge in [0, 0.05) is 16.7 Å². The molecule has 3 rings (SSSR count). The van der Waals surface area contributed by atoms with Crippen molar-refractivity contribution in [3.63, 3.8) is 0 Å². The van der Waals surface area contributed by atoms with Gasteiger partial charge >= 0.3 is 0 Å². The molecule has 1 amide bonds. The van der Waals surface area contributed by atoms with E-state index in [2.05, 4.69) is 5.32 Å². The lowest BCUT2D eigenvalue weighted by Crippen LogP contribution is -2.14. The summed E-state index contributed by atoms with van der Waals surface area (Å²) in [5.74, 6) is 0.0317. The zero-order valence-electron chi connectivity index (χ0n) is 17.4. The molecule has 9 heteroatoms. The number of nitro benzene ring substituents is 1. The standard InChI is InChI=1S/C24H18ClN3O5/c1-32-23-13-19(28(30)31)8-11-22(23)27-24(29)18(14-26)12-16-6-9-20(10-7-16)33-15-17-4-2-3-5-21(17)25/h2-13H,15H2,1H3,(H,27,29)/b18-12-. The molecule has 0 saturated heterocycles. The lowest BCUT2D eigenvalue weighted by Gasteiger charge is -2.10. The number of hydrogen-bond acceptors (Lipinski definition) is 6. The van der Waals surface area contributed by atoms with E-state index in [1.807, 2.05) is 24.3 Å². The smallest absolute Gasteiger partial charge is 0.273 e. The first-order valence-corrected chi connectivity index (χ1v) is 10.0. The van der Waals surface area contributed by atoms with Crippen LogP contribution in [0.3, 0.4) is 0 Å². The maximum Gasteiger partial charge on any atom is 0.273 e. The van der Waals surface area contributed by atoms with Crippen LogP contribution in [0.5, 0.6) is 11.5 Å². The Morgan fingerprint density at radius 1 is 1.18 bits per heavy atom. The van der Waals surface area contributed by atoms with E-state index in [1.54, 1.807) is 30.3 Å². The Labute approximate surface area is 194 Å². The predicted molar refractivity (Wildman–Crippen MR) is 124 cm³/mol. The molecule has 0 aliphatic heterocycles. The monoisotopic (exact) mass is 463 g/mol. The van der Waals surface area contributed by atoms with Crippen molar-refractivity contribution >= 4 is 35.0 Å². The summed E-state index contributed by atoms with van der Waals surface area (Å²) in [4.78, 5) is 22.9. The third kappa shape index (κ3) is 6.09. The summed E-state index contributed by atoms with van der Waals surface area (Å²) < 4.78 is 10.8. The van der Waals surface area contributed by atoms with Crippen molar-refractivity contribution < 1.29 is 19.2 Å². The summed E-state index contributed by atoms with van der Waals surface area (Å²) in [6.45, 7) is 0.303. The number of methoxy groups -OCH3 is 1. The summed E-state index contributed by atoms with van der Waals surface area (Å²) in [6, 6.07) is 19.8. The van der Waals surface area contributed by atoms with E-state index < -0.39 is 10.8 Å². The van der Waals surface area contributed by atoms with Crippen LogP contribution in [-0.4, -0.2) is 17.9 Å². The van der Waals surface area contributed by atoms with Crippen LogP contribution in [-0.2, 0) is 11.4 Å². The number of nitriles is 1. The number of nitrogens with one attached hydrogen (secondary N) is 1. The molecular weight excluding hydrogens is 446 g/mol. The van der Waals surface area contributed by atoms with Crippen molar-refractivity contribution in [1.82, 2.24) is 0 Å². The number of rotatable bonds is 8. The number of nitro groups is 1. The van der Waals surface area contributed by atoms with Gasteiger partial charge in [0.2, 0.25) is 0 Å². The van der Waals surface area contributed by atoms with Crippen LogP contribution in [0.15, 0.2) is 72.3 Å². The first-order valence-electron chi connectivity index (χ1n) is 9.63. The summed E-state index contributed by atoms with van der Waals surface area (Å²) >= 11 is 6.12. The zero-order chi connectivity index (χ0) is 23.8. The molecule has 8 nitrogen and oxygen atoms in total. The predicted octanol–water partition coefficient (Wildman–Crippen LogP) is 5.38. The minimum atomic E-state index is -0.677. The number of anilines is 1. The second-order valence-corrected chi connectivity index (χ2v) is 7.12. The lowest BCUT2D eigenvalue weighted by atomic mass is 10.1. The van der Waals surface area contributed by atoms with Gasteiger partial charge in [0.05, 0.1) is 23.8 Å². The van der Waals surface area contributed by atoms with Crippen molar-refractivity contribution in [1.29, 1.82) is 5.26 Å². The van der Waals surface area contributed by atoms with Gasteiger partial charge in [-0.05, 0) is 35.9 Å². The molecule has 0 saturated carbocycles. The van der Waals surface area contributed by atoms with E-state index in [-0.39, 0.29) is 22.7 Å². The lowest BCUT2D eigenvalue weighted by molar-refractivity contribution is -0.384. The highest BCUT2D eigenvalue weighted by atomic mass is 35.5. The summed E-state index contributed by atoms with van der Waals surface area (Å²) in [5, 5.41) is 23.5. The van der Waals surface area contributed by atoms with Gasteiger partial charge in [0.1, 0.15) is 29.7 Å². The van der Waals surface area contributed by atoms with E-state index in [1.165, 1.54) is 31.4 Å². The molecular formula is C24H18ClN3O5. The third-order valence-corrected chi connectivity index (χ3v) is 4.92. The second-order valence-electron chi connectivity index (χ2n) is 6.71. The van der Waals surface area contributed by atoms with Crippen LogP contribution in [0.2, 0.25) is 5.02 Å². The molecule has 0 bridgehead atoms. The molecule has 0 radical (unpaired) electrons. The molecule has 3 aromatic carbocycles. The maximum absolute atomic E-state index is 12.6. The molecule has 0 aliphatic rings. The summed E-state index contributed by atoms with van der Waals surface area (Å²) in [7, 11) is 1.32. The van der Waals surface area contributed by atoms with Crippen LogP contribution >= 0.6 is 11.6 Å². The minimum Gasteiger partial charge on any atom is -0.494 e. The fourth-order valence-corrected chi connectivity index (χ4v) is 3.03. The number of benzene rings is 3. The SMILES string of the molecule is COc1cc([N+](=O)[O-])ccc1NC(=O)/C(C#N)=C\c1ccc(OCc2ccccc2Cl)cc1. The average molecular weight is 464 g/mol. The molecule has 0 heterocycles. The fourth-order valence-electron chi connectivity index (χ4n) is 2.84. The number of hydrogen-bond donors (Lipinski definition) is 1. The molecule has 0 aromatic heterocycles. The zero-order valence-corrected chi connectivity index (χ0v) is 18.2. The van der Waals surface area contributed by atoms with Crippen molar-refractivity contribution in [3.8, 4) is 17.6 Å². The molecule has 0 unspecified atom stereocenters. The molecule has 0 atom stereocenters. The topological polar surface area (TPSA) is 114 Å². The molecule has 166 valence electrons. The first kappa shape index (κ1) is 23.3. The molecule has 3 aromatic rings. The minimum absolute atomic E-state index is 0.106. The van der Waals surface area contributed by atoms with Gasteiger partial charge < -0.3 is 14.8 Å². The first-order chi connectivity index (χ1) is 15.9. The summed E-state index contributed by atoms with van der Waals surface area (Å²) in [5.41, 5.74) is 1.34. The highest BCUT2D eigenvalue weighted by molar-refractivity contribution is 6.31. The van der Waals surface area contributed by atoms with Crippen molar-refractivity contribution in [3.05, 3.63) is 98.6 Å². The molecule has 1 N–H and O–H groups in total. The maximum atomic E-state index is 12.6. The van der Waals surface area contributed by atoms with Gasteiger partial charge in [-0.3, -0.25) is 14.9 Å². The quantitative estimate of drug-likeness (QED) is 0.207. The van der Waals surface area contributed by atoms with Gasteiger partial charge in [-0.2, -0.15) is 5.26 Å². The Hall–Kier alpha value is -4.35. The number of ether oxygens (including phenoxy) is 2. The Morgan fingerprint density at radius 2 is 1.91 bits per heavy atom. The van der Waals surface area contributed by atoms with Crippen LogP contribution in [0.1, 0.15) is 11.1 Å². The Kier molecular flexibility index (Phi) is 7.63. The van der Waals surface area contributed by atoms with Gasteiger partial charge in [-0.25, -0.2) is 0 Å². The van der Waals surface area contributed by atoms with Crippen LogP contribution in [0, 0.1) is 21.4 Å². The molecule has 0 spiro atoms. The summed E-state index contributed by atoms with van der Waals surface area (Å²) in [6.07, 6.45) is 1.42. The van der Waals surface area contributed by atoms with Crippen molar-refractivity contribution in [2.75, 3.05) is 12.4 Å². The fraction of sp³-hybridized carbons (Fsp3) is 0.0833. The molecule has 0 aliphatic carbocycles. The normalized spacial score (nSPS) is 10.8. The Bertz CT molecular complexity index is 1250. The van der Waals surface area contributed by atoms with Gasteiger partial charge in [-0.15, -0.1) is 0 Å². The second kappa shape index (κ2) is 10.8. The largest absolute Gasteiger partial charge is 0.494 e. The Morgan fingerprint density at radius 3 is 2.55 bits per heavy atom. The van der Waals surface area contributed by atoms with Gasteiger partial charge in [-0.1, -0.05) is 41.9 Å². The number of carbonyl (C=O) groups excluding carboxylic acids is 1. The van der Waals surface area contributed by atoms with E-state index in [9.17, 15) is 20.2 Å². The third-order valence-electron chi connectivity index (χ3n) is 4.55. The van der Waals surface area contributed by atoms with Crippen LogP contribution in [0.25, 0.3) is 6.08 Å². The van der Waals surface area contributed by atoms with E-state index in [0.29, 0.717) is 22.9 Å². The number of nitrogens with zero attached hydrogens (tertiary/aromatic N) is 2. The number of halogens is 1. The molecule has 33 heavy (non-hydrogen) atoms. The van der Waals surface area contributed by atoms with E-state index >= 15 is 0 Å². The highest BCUT2D eigenvalue weighted by Crippen LogP contribution is 2.29. The number of non-ortho nitro benzene ring substituents is 1. The van der Waals surface area contributed by atoms with Crippen LogP contribution < -0.4 is 14.8 Å². The number of amides is 1. The van der Waals surface area contributed by atoms with Crippen molar-refractivity contribution in [2.24, 2.45) is 0 Å². The van der Waals surface area contributed by atoms with Crippen LogP contribution in [0.4, 0.5) is 11.4 Å². The highest BCUT2D eigenvalue weighted by Gasteiger charge is 2.16. The van der Waals surface area contributed by atoms with Crippen molar-refractivity contribution in [2.45, 2.75) is 6.61 Å². The Balaban J connectivity index is 1.70. The van der Waals surface area contributed by atoms with Gasteiger partial charge in [0.25, 0.3) is 11.6 Å².